The van der Waals surface area contributed by atoms with E-state index in [0.717, 1.165) is 50.1 Å². The van der Waals surface area contributed by atoms with Crippen LogP contribution in [0, 0.1) is 11.3 Å². The van der Waals surface area contributed by atoms with Crippen LogP contribution in [0.2, 0.25) is 0 Å². The number of hydrogen-bond donors (Lipinski definition) is 3. The summed E-state index contributed by atoms with van der Waals surface area (Å²) < 4.78 is 6.15. The van der Waals surface area contributed by atoms with Gasteiger partial charge in [0.15, 0.2) is 0 Å². The van der Waals surface area contributed by atoms with Crippen molar-refractivity contribution in [2.24, 2.45) is 5.92 Å². The number of carbonyl (C=O) groups excluding carboxylic acids is 1. The van der Waals surface area contributed by atoms with Crippen LogP contribution in [-0.4, -0.2) is 42.8 Å². The molecule has 1 aromatic heterocycles. The highest BCUT2D eigenvalue weighted by Gasteiger charge is 2.30. The van der Waals surface area contributed by atoms with Gasteiger partial charge in [0.05, 0.1) is 11.8 Å². The number of carbonyl (C=O) groups is 1. The van der Waals surface area contributed by atoms with Crippen LogP contribution < -0.4 is 15.8 Å². The van der Waals surface area contributed by atoms with E-state index in [4.69, 9.17) is 15.9 Å². The summed E-state index contributed by atoms with van der Waals surface area (Å²) >= 11 is 1.65. The van der Waals surface area contributed by atoms with Crippen molar-refractivity contribution in [3.05, 3.63) is 81.5 Å². The zero-order valence-electron chi connectivity index (χ0n) is 20.7. The number of nitrogens with one attached hydrogen (secondary N) is 2. The standard InChI is InChI=1S/C29H34N4O2S/c1-33-14-11-24(12-15-33)35-23-8-5-19(6-9-23)27(31)25-17-21(7-10-26(25)30)29(34)32-28(20-3-2-4-20)22-13-16-36-18-22/h5-10,13,16-18,20,24,28,31H,2-4,11-12,14-15,30H2,1H3,(H,32,34). The van der Waals surface area contributed by atoms with Crippen molar-refractivity contribution in [2.75, 3.05) is 25.9 Å². The third kappa shape index (κ3) is 5.47. The molecule has 1 unspecified atom stereocenters. The number of benzene rings is 2. The fraction of sp³-hybridized carbons (Fsp3) is 0.379. The summed E-state index contributed by atoms with van der Waals surface area (Å²) in [6.07, 6.45) is 5.76. The third-order valence-corrected chi connectivity index (χ3v) is 8.21. The van der Waals surface area contributed by atoms with Crippen molar-refractivity contribution < 1.29 is 9.53 Å². The summed E-state index contributed by atoms with van der Waals surface area (Å²) in [6, 6.07) is 14.9. The van der Waals surface area contributed by atoms with Crippen molar-refractivity contribution in [1.82, 2.24) is 10.2 Å². The average Bonchev–Trinajstić information content (AvgIpc) is 3.39. The number of anilines is 1. The van der Waals surface area contributed by atoms with Gasteiger partial charge in [-0.2, -0.15) is 11.3 Å². The van der Waals surface area contributed by atoms with Crippen LogP contribution in [0.25, 0.3) is 0 Å². The summed E-state index contributed by atoms with van der Waals surface area (Å²) in [7, 11) is 2.14. The van der Waals surface area contributed by atoms with E-state index in [-0.39, 0.29) is 18.1 Å². The molecule has 3 aromatic rings. The quantitative estimate of drug-likeness (QED) is 0.281. The molecule has 2 aliphatic rings. The Bertz CT molecular complexity index is 1200. The van der Waals surface area contributed by atoms with E-state index in [1.54, 1.807) is 29.5 Å². The average molecular weight is 503 g/mol. The maximum absolute atomic E-state index is 13.2. The predicted octanol–water partition coefficient (Wildman–Crippen LogP) is 5.49. The third-order valence-electron chi connectivity index (χ3n) is 7.51. The smallest absolute Gasteiger partial charge is 0.251 e. The summed E-state index contributed by atoms with van der Waals surface area (Å²) in [4.78, 5) is 15.6. The molecule has 1 saturated carbocycles. The van der Waals surface area contributed by atoms with E-state index in [9.17, 15) is 4.79 Å². The zero-order chi connectivity index (χ0) is 25.1. The van der Waals surface area contributed by atoms with E-state index in [1.165, 1.54) is 12.0 Å². The molecule has 4 N–H and O–H groups in total. The number of hydrogen-bond acceptors (Lipinski definition) is 6. The van der Waals surface area contributed by atoms with Crippen LogP contribution in [0.5, 0.6) is 5.75 Å². The summed E-state index contributed by atoms with van der Waals surface area (Å²) in [5.74, 6) is 1.16. The van der Waals surface area contributed by atoms with Gasteiger partial charge in [0.2, 0.25) is 0 Å². The lowest BCUT2D eigenvalue weighted by Gasteiger charge is -2.34. The van der Waals surface area contributed by atoms with Gasteiger partial charge in [0.1, 0.15) is 11.9 Å². The van der Waals surface area contributed by atoms with Gasteiger partial charge in [0.25, 0.3) is 5.91 Å². The van der Waals surface area contributed by atoms with Gasteiger partial charge in [-0.05, 0) is 104 Å². The van der Waals surface area contributed by atoms with Gasteiger partial charge in [0, 0.05) is 35.5 Å². The normalized spacial score (nSPS) is 17.8. The van der Waals surface area contributed by atoms with Crippen molar-refractivity contribution in [3.63, 3.8) is 0 Å². The Morgan fingerprint density at radius 3 is 2.44 bits per heavy atom. The summed E-state index contributed by atoms with van der Waals surface area (Å²) in [5, 5.41) is 16.2. The lowest BCUT2D eigenvalue weighted by molar-refractivity contribution is 0.0901. The second-order valence-electron chi connectivity index (χ2n) is 10.0. The minimum absolute atomic E-state index is 0.0232. The first-order valence-corrected chi connectivity index (χ1v) is 13.7. The zero-order valence-corrected chi connectivity index (χ0v) is 21.5. The molecular formula is C29H34N4O2S. The summed E-state index contributed by atoms with van der Waals surface area (Å²) in [5.41, 5.74) is 10.0. The Morgan fingerprint density at radius 2 is 1.81 bits per heavy atom. The lowest BCUT2D eigenvalue weighted by Crippen LogP contribution is -2.36. The molecule has 7 heteroatoms. The molecule has 188 valence electrons. The number of likely N-dealkylation sites (tertiary alicyclic amines) is 1. The molecule has 6 nitrogen and oxygen atoms in total. The van der Waals surface area contributed by atoms with Gasteiger partial charge in [-0.1, -0.05) is 6.42 Å². The van der Waals surface area contributed by atoms with E-state index >= 15 is 0 Å². The molecule has 1 atom stereocenters. The number of ether oxygens (including phenoxy) is 1. The summed E-state index contributed by atoms with van der Waals surface area (Å²) in [6.45, 7) is 2.09. The van der Waals surface area contributed by atoms with Crippen LogP contribution in [0.4, 0.5) is 5.69 Å². The number of piperidine rings is 1. The number of rotatable bonds is 8. The van der Waals surface area contributed by atoms with E-state index in [2.05, 4.69) is 34.1 Å². The van der Waals surface area contributed by atoms with E-state index in [1.807, 2.05) is 24.3 Å². The first kappa shape index (κ1) is 24.5. The van der Waals surface area contributed by atoms with Gasteiger partial charge in [-0.25, -0.2) is 0 Å². The molecular weight excluding hydrogens is 468 g/mol. The van der Waals surface area contributed by atoms with Gasteiger partial charge >= 0.3 is 0 Å². The minimum atomic E-state index is -0.131. The first-order valence-electron chi connectivity index (χ1n) is 12.7. The van der Waals surface area contributed by atoms with E-state index in [0.29, 0.717) is 28.4 Å². The Morgan fingerprint density at radius 1 is 1.08 bits per heavy atom. The predicted molar refractivity (Wildman–Crippen MR) is 146 cm³/mol. The highest BCUT2D eigenvalue weighted by atomic mass is 32.1. The van der Waals surface area contributed by atoms with Crippen molar-refractivity contribution >= 4 is 28.6 Å². The number of thiophene rings is 1. The topological polar surface area (TPSA) is 91.4 Å². The SMILES string of the molecule is CN1CCC(Oc2ccc(C(=N)c3cc(C(=O)NC(c4ccsc4)C4CCC4)ccc3N)cc2)CC1. The van der Waals surface area contributed by atoms with Crippen molar-refractivity contribution in [2.45, 2.75) is 44.2 Å². The molecule has 0 radical (unpaired) electrons. The minimum Gasteiger partial charge on any atom is -0.490 e. The number of amides is 1. The fourth-order valence-corrected chi connectivity index (χ4v) is 5.68. The molecule has 2 fully saturated rings. The largest absolute Gasteiger partial charge is 0.490 e. The molecule has 1 aliphatic carbocycles. The van der Waals surface area contributed by atoms with Crippen LogP contribution in [-0.2, 0) is 0 Å². The second kappa shape index (κ2) is 10.8. The molecule has 0 bridgehead atoms. The van der Waals surface area contributed by atoms with Crippen LogP contribution in [0.3, 0.4) is 0 Å². The van der Waals surface area contributed by atoms with Crippen LogP contribution in [0.15, 0.2) is 59.3 Å². The van der Waals surface area contributed by atoms with Gasteiger partial charge < -0.3 is 20.7 Å². The van der Waals surface area contributed by atoms with Gasteiger partial charge in [-0.15, -0.1) is 0 Å². The highest BCUT2D eigenvalue weighted by Crippen LogP contribution is 2.38. The molecule has 1 aliphatic heterocycles. The van der Waals surface area contributed by atoms with Crippen LogP contribution >= 0.6 is 11.3 Å². The lowest BCUT2D eigenvalue weighted by atomic mass is 9.77. The molecule has 2 heterocycles. The first-order chi connectivity index (χ1) is 17.5. The number of nitrogens with zero attached hydrogens (tertiary/aromatic N) is 1. The van der Waals surface area contributed by atoms with Crippen molar-refractivity contribution in [1.29, 1.82) is 5.41 Å². The Kier molecular flexibility index (Phi) is 7.39. The van der Waals surface area contributed by atoms with Crippen molar-refractivity contribution in [3.8, 4) is 5.75 Å². The maximum Gasteiger partial charge on any atom is 0.251 e. The fourth-order valence-electron chi connectivity index (χ4n) is 4.99. The molecule has 5 rings (SSSR count). The number of nitrogens with two attached hydrogens (primary N) is 1. The molecule has 2 aromatic carbocycles. The van der Waals surface area contributed by atoms with E-state index < -0.39 is 0 Å². The Hall–Kier alpha value is -3.16. The molecule has 1 saturated heterocycles. The molecule has 36 heavy (non-hydrogen) atoms. The Labute approximate surface area is 217 Å². The molecule has 1 amide bonds. The van der Waals surface area contributed by atoms with Gasteiger partial charge in [-0.3, -0.25) is 10.2 Å². The number of nitrogen functional groups attached to an aromatic ring is 1. The molecule has 0 spiro atoms. The monoisotopic (exact) mass is 502 g/mol. The van der Waals surface area contributed by atoms with Crippen LogP contribution in [0.1, 0.15) is 65.2 Å². The highest BCUT2D eigenvalue weighted by molar-refractivity contribution is 7.08. The second-order valence-corrected chi connectivity index (χ2v) is 10.8. The maximum atomic E-state index is 13.2. The Balaban J connectivity index is 1.28.